The van der Waals surface area contributed by atoms with Crippen LogP contribution in [0.2, 0.25) is 0 Å². The van der Waals surface area contributed by atoms with Crippen LogP contribution in [0.4, 0.5) is 13.2 Å². The fourth-order valence-electron chi connectivity index (χ4n) is 1.53. The number of aliphatic hydroxyl groups excluding tert-OH is 1. The van der Waals surface area contributed by atoms with E-state index in [2.05, 4.69) is 15.9 Å². The van der Waals surface area contributed by atoms with Gasteiger partial charge in [-0.05, 0) is 30.2 Å². The first-order valence-corrected chi connectivity index (χ1v) is 6.34. The van der Waals surface area contributed by atoms with Crippen molar-refractivity contribution in [1.82, 2.24) is 5.32 Å². The number of aliphatic hydroxyl groups is 1. The van der Waals surface area contributed by atoms with Crippen LogP contribution in [0.15, 0.2) is 22.7 Å². The number of amides is 1. The Labute approximate surface area is 116 Å². The number of halogens is 4. The van der Waals surface area contributed by atoms with Crippen LogP contribution < -0.4 is 5.32 Å². The molecule has 1 aromatic carbocycles. The molecule has 0 fully saturated rings. The maximum Gasteiger partial charge on any atom is 0.315 e. The zero-order chi connectivity index (χ0) is 14.4. The molecule has 0 bridgehead atoms. The van der Waals surface area contributed by atoms with Gasteiger partial charge in [-0.3, -0.25) is 4.79 Å². The predicted molar refractivity (Wildman–Crippen MR) is 67.4 cm³/mol. The quantitative estimate of drug-likeness (QED) is 0.834. The Kier molecular flexibility index (Phi) is 6.30. The highest BCUT2D eigenvalue weighted by molar-refractivity contribution is 9.10. The Morgan fingerprint density at radius 2 is 2.11 bits per heavy atom. The van der Waals surface area contributed by atoms with Crippen LogP contribution in [0.25, 0.3) is 0 Å². The van der Waals surface area contributed by atoms with Crippen molar-refractivity contribution < 1.29 is 23.1 Å². The molecule has 0 saturated carbocycles. The van der Waals surface area contributed by atoms with E-state index in [0.29, 0.717) is 10.0 Å². The molecule has 1 amide bonds. The van der Waals surface area contributed by atoms with Crippen LogP contribution in [0.1, 0.15) is 5.56 Å². The first-order valence-electron chi connectivity index (χ1n) is 5.54. The summed E-state index contributed by atoms with van der Waals surface area (Å²) in [6.07, 6.45) is -2.95. The zero-order valence-electron chi connectivity index (χ0n) is 9.88. The first-order chi connectivity index (χ1) is 8.93. The summed E-state index contributed by atoms with van der Waals surface area (Å²) in [7, 11) is 0. The van der Waals surface area contributed by atoms with Gasteiger partial charge in [-0.15, -0.1) is 0 Å². The molecule has 0 aliphatic carbocycles. The van der Waals surface area contributed by atoms with Crippen molar-refractivity contribution in [1.29, 1.82) is 0 Å². The second kappa shape index (κ2) is 7.49. The van der Waals surface area contributed by atoms with E-state index in [1.807, 2.05) is 5.32 Å². The van der Waals surface area contributed by atoms with Gasteiger partial charge in [0.2, 0.25) is 0 Å². The molecule has 0 aliphatic rings. The lowest BCUT2D eigenvalue weighted by Gasteiger charge is -2.15. The Bertz CT molecular complexity index is 443. The van der Waals surface area contributed by atoms with Crippen LogP contribution in [0.3, 0.4) is 0 Å². The summed E-state index contributed by atoms with van der Waals surface area (Å²) in [5.74, 6) is -2.36. The van der Waals surface area contributed by atoms with Gasteiger partial charge in [0.1, 0.15) is 5.82 Å². The summed E-state index contributed by atoms with van der Waals surface area (Å²) < 4.78 is 38.1. The van der Waals surface area contributed by atoms with Crippen LogP contribution in [-0.2, 0) is 11.2 Å². The van der Waals surface area contributed by atoms with E-state index in [9.17, 15) is 18.0 Å². The standard InChI is InChI=1S/C12H13BrF3NO2/c13-9-1-2-10(14)8(4-9)3-7(6-18)5-17-12(19)11(15)16/h1-2,4,7,11,18H,3,5-6H2,(H,17,19)/t7-/m1/s1. The number of hydrogen-bond donors (Lipinski definition) is 2. The summed E-state index contributed by atoms with van der Waals surface area (Å²) in [4.78, 5) is 10.7. The Morgan fingerprint density at radius 3 is 2.68 bits per heavy atom. The van der Waals surface area contributed by atoms with Gasteiger partial charge in [0, 0.05) is 23.5 Å². The van der Waals surface area contributed by atoms with Crippen molar-refractivity contribution in [2.24, 2.45) is 5.92 Å². The number of carbonyl (C=O) groups excluding carboxylic acids is 1. The molecule has 0 spiro atoms. The molecular formula is C12H13BrF3NO2. The van der Waals surface area contributed by atoms with E-state index >= 15 is 0 Å². The van der Waals surface area contributed by atoms with Crippen molar-refractivity contribution in [3.8, 4) is 0 Å². The minimum absolute atomic E-state index is 0.133. The number of benzene rings is 1. The molecule has 7 heteroatoms. The van der Waals surface area contributed by atoms with Gasteiger partial charge < -0.3 is 10.4 Å². The zero-order valence-corrected chi connectivity index (χ0v) is 11.5. The fourth-order valence-corrected chi connectivity index (χ4v) is 1.94. The summed E-state index contributed by atoms with van der Waals surface area (Å²) >= 11 is 3.19. The van der Waals surface area contributed by atoms with Crippen LogP contribution in [0, 0.1) is 11.7 Å². The molecule has 1 aromatic rings. The second-order valence-corrected chi connectivity index (χ2v) is 4.95. The third-order valence-corrected chi connectivity index (χ3v) is 3.03. The summed E-state index contributed by atoms with van der Waals surface area (Å²) in [6.45, 7) is -0.471. The lowest BCUT2D eigenvalue weighted by molar-refractivity contribution is -0.131. The monoisotopic (exact) mass is 339 g/mol. The van der Waals surface area contributed by atoms with Gasteiger partial charge in [0.25, 0.3) is 5.91 Å². The topological polar surface area (TPSA) is 49.3 Å². The Hall–Kier alpha value is -1.08. The smallest absolute Gasteiger partial charge is 0.315 e. The molecule has 2 N–H and O–H groups in total. The van der Waals surface area contributed by atoms with E-state index in [1.54, 1.807) is 6.07 Å². The predicted octanol–water partition coefficient (Wildman–Crippen LogP) is 2.12. The normalized spacial score (nSPS) is 12.5. The molecule has 0 unspecified atom stereocenters. The second-order valence-electron chi connectivity index (χ2n) is 4.03. The van der Waals surface area contributed by atoms with E-state index in [0.717, 1.165) is 0 Å². The van der Waals surface area contributed by atoms with Gasteiger partial charge >= 0.3 is 6.43 Å². The highest BCUT2D eigenvalue weighted by Gasteiger charge is 2.18. The highest BCUT2D eigenvalue weighted by atomic mass is 79.9. The molecule has 0 aliphatic heterocycles. The van der Waals surface area contributed by atoms with Crippen molar-refractivity contribution in [3.05, 3.63) is 34.1 Å². The lowest BCUT2D eigenvalue weighted by atomic mass is 9.99. The molecule has 19 heavy (non-hydrogen) atoms. The van der Waals surface area contributed by atoms with Crippen molar-refractivity contribution in [3.63, 3.8) is 0 Å². The number of nitrogens with one attached hydrogen (secondary N) is 1. The minimum Gasteiger partial charge on any atom is -0.396 e. The maximum absolute atomic E-state index is 13.5. The molecule has 1 atom stereocenters. The average molecular weight is 340 g/mol. The third kappa shape index (κ3) is 5.20. The van der Waals surface area contributed by atoms with Gasteiger partial charge in [0.15, 0.2) is 0 Å². The van der Waals surface area contributed by atoms with Gasteiger partial charge in [-0.2, -0.15) is 8.78 Å². The van der Waals surface area contributed by atoms with E-state index in [4.69, 9.17) is 5.11 Å². The van der Waals surface area contributed by atoms with Crippen molar-refractivity contribution >= 4 is 21.8 Å². The third-order valence-electron chi connectivity index (χ3n) is 2.54. The molecule has 0 aromatic heterocycles. The maximum atomic E-state index is 13.5. The van der Waals surface area contributed by atoms with Crippen LogP contribution in [0.5, 0.6) is 0 Å². The molecule has 0 heterocycles. The number of carbonyl (C=O) groups is 1. The van der Waals surface area contributed by atoms with E-state index in [1.165, 1.54) is 12.1 Å². The molecule has 0 radical (unpaired) electrons. The Balaban J connectivity index is 2.61. The van der Waals surface area contributed by atoms with Crippen LogP contribution >= 0.6 is 15.9 Å². The number of hydrogen-bond acceptors (Lipinski definition) is 2. The summed E-state index contributed by atoms with van der Waals surface area (Å²) in [6, 6.07) is 4.35. The Morgan fingerprint density at radius 1 is 1.42 bits per heavy atom. The van der Waals surface area contributed by atoms with Gasteiger partial charge in [0.05, 0.1) is 0 Å². The molecule has 3 nitrogen and oxygen atoms in total. The fraction of sp³-hybridized carbons (Fsp3) is 0.417. The lowest BCUT2D eigenvalue weighted by Crippen LogP contribution is -2.35. The highest BCUT2D eigenvalue weighted by Crippen LogP contribution is 2.18. The average Bonchev–Trinajstić information content (AvgIpc) is 2.37. The van der Waals surface area contributed by atoms with Crippen molar-refractivity contribution in [2.45, 2.75) is 12.8 Å². The first kappa shape index (κ1) is 16.0. The SMILES string of the molecule is O=C(NC[C@H](CO)Cc1cc(Br)ccc1F)C(F)F. The number of alkyl halides is 2. The van der Waals surface area contributed by atoms with E-state index in [-0.39, 0.29) is 19.6 Å². The molecular weight excluding hydrogens is 327 g/mol. The van der Waals surface area contributed by atoms with Crippen LogP contribution in [-0.4, -0.2) is 30.6 Å². The minimum atomic E-state index is -3.10. The molecule has 1 rings (SSSR count). The summed E-state index contributed by atoms with van der Waals surface area (Å²) in [5.41, 5.74) is 0.347. The number of rotatable bonds is 6. The molecule has 106 valence electrons. The van der Waals surface area contributed by atoms with Crippen molar-refractivity contribution in [2.75, 3.05) is 13.2 Å². The summed E-state index contributed by atoms with van der Waals surface area (Å²) in [5, 5.41) is 11.1. The molecule has 0 saturated heterocycles. The largest absolute Gasteiger partial charge is 0.396 e. The van der Waals surface area contributed by atoms with Gasteiger partial charge in [-0.25, -0.2) is 4.39 Å². The van der Waals surface area contributed by atoms with E-state index < -0.39 is 24.1 Å². The van der Waals surface area contributed by atoms with Gasteiger partial charge in [-0.1, -0.05) is 15.9 Å².